The monoisotopic (exact) mass is 390 g/mol. The molecule has 0 saturated carbocycles. The Morgan fingerprint density at radius 1 is 0.667 bits per heavy atom. The first-order valence-electron chi connectivity index (χ1n) is 11.0. The van der Waals surface area contributed by atoms with Crippen molar-refractivity contribution < 1.29 is 29.9 Å². The summed E-state index contributed by atoms with van der Waals surface area (Å²) in [4.78, 5) is 0. The smallest absolute Gasteiger partial charge is 0.186 e. The molecule has 6 nitrogen and oxygen atoms in total. The highest BCUT2D eigenvalue weighted by molar-refractivity contribution is 4.88. The lowest BCUT2D eigenvalue weighted by molar-refractivity contribution is -0.301. The number of hydrogen-bond acceptors (Lipinski definition) is 6. The number of ether oxygens (including phenoxy) is 2. The molecule has 0 radical (unpaired) electrons. The van der Waals surface area contributed by atoms with Crippen LogP contribution in [0.15, 0.2) is 0 Å². The van der Waals surface area contributed by atoms with Crippen molar-refractivity contribution >= 4 is 0 Å². The van der Waals surface area contributed by atoms with E-state index in [4.69, 9.17) is 14.6 Å². The Morgan fingerprint density at radius 2 is 1.15 bits per heavy atom. The van der Waals surface area contributed by atoms with Crippen LogP contribution in [0.1, 0.15) is 90.4 Å². The molecule has 0 bridgehead atoms. The number of aliphatic hydroxyl groups is 4. The second-order valence-corrected chi connectivity index (χ2v) is 7.81. The molecule has 5 atom stereocenters. The van der Waals surface area contributed by atoms with Crippen LogP contribution in [0.2, 0.25) is 0 Å². The van der Waals surface area contributed by atoms with E-state index in [1.54, 1.807) is 0 Å². The van der Waals surface area contributed by atoms with Crippen LogP contribution in [0.5, 0.6) is 0 Å². The minimum absolute atomic E-state index is 0.427. The number of rotatable bonds is 16. The van der Waals surface area contributed by atoms with Gasteiger partial charge in [0.15, 0.2) is 6.29 Å². The molecule has 0 aromatic rings. The lowest BCUT2D eigenvalue weighted by Gasteiger charge is -2.39. The molecule has 1 aliphatic heterocycles. The van der Waals surface area contributed by atoms with Crippen molar-refractivity contribution in [2.24, 2.45) is 0 Å². The summed E-state index contributed by atoms with van der Waals surface area (Å²) in [7, 11) is 0. The van der Waals surface area contributed by atoms with E-state index in [0.717, 1.165) is 12.8 Å². The van der Waals surface area contributed by atoms with E-state index in [2.05, 4.69) is 6.92 Å². The predicted octanol–water partition coefficient (Wildman–Crippen LogP) is 2.89. The van der Waals surface area contributed by atoms with Crippen molar-refractivity contribution in [1.29, 1.82) is 0 Å². The van der Waals surface area contributed by atoms with Gasteiger partial charge < -0.3 is 29.9 Å². The molecule has 0 aromatic carbocycles. The molecule has 4 N–H and O–H groups in total. The van der Waals surface area contributed by atoms with Crippen LogP contribution in [-0.4, -0.2) is 64.3 Å². The Balaban J connectivity index is 1.92. The van der Waals surface area contributed by atoms with Gasteiger partial charge in [-0.25, -0.2) is 0 Å². The average molecular weight is 391 g/mol. The molecule has 1 rings (SSSR count). The third-order valence-corrected chi connectivity index (χ3v) is 5.38. The molecule has 162 valence electrons. The maximum atomic E-state index is 9.88. The standard InChI is InChI=1S/C21H42O6/c1-2-3-4-5-6-7-8-9-10-11-12-13-14-15-26-21-20(25)19(24)18(23)17(16-22)27-21/h17-25H,2-16H2,1H3/t17-,18-,19+,20-,21-/m1/s1. The highest BCUT2D eigenvalue weighted by Crippen LogP contribution is 2.22. The fourth-order valence-electron chi connectivity index (χ4n) is 3.52. The van der Waals surface area contributed by atoms with Gasteiger partial charge in [-0.3, -0.25) is 0 Å². The van der Waals surface area contributed by atoms with Crippen molar-refractivity contribution in [2.45, 2.75) is 121 Å². The second-order valence-electron chi connectivity index (χ2n) is 7.81. The van der Waals surface area contributed by atoms with Gasteiger partial charge in [-0.15, -0.1) is 0 Å². The fraction of sp³-hybridized carbons (Fsp3) is 1.00. The predicted molar refractivity (Wildman–Crippen MR) is 105 cm³/mol. The summed E-state index contributed by atoms with van der Waals surface area (Å²) in [5.41, 5.74) is 0. The molecular formula is C21H42O6. The maximum absolute atomic E-state index is 9.88. The van der Waals surface area contributed by atoms with Gasteiger partial charge in [0.2, 0.25) is 0 Å². The van der Waals surface area contributed by atoms with E-state index < -0.39 is 37.3 Å². The quantitative estimate of drug-likeness (QED) is 0.303. The molecule has 0 spiro atoms. The highest BCUT2D eigenvalue weighted by atomic mass is 16.7. The molecule has 1 fully saturated rings. The van der Waals surface area contributed by atoms with E-state index in [1.807, 2.05) is 0 Å². The third kappa shape index (κ3) is 10.2. The highest BCUT2D eigenvalue weighted by Gasteiger charge is 2.43. The lowest BCUT2D eigenvalue weighted by atomic mass is 9.99. The van der Waals surface area contributed by atoms with Crippen LogP contribution in [0, 0.1) is 0 Å². The minimum atomic E-state index is -1.37. The minimum Gasteiger partial charge on any atom is -0.394 e. The molecule has 6 heteroatoms. The number of hydrogen-bond donors (Lipinski definition) is 4. The Bertz CT molecular complexity index is 339. The lowest BCUT2D eigenvalue weighted by Crippen LogP contribution is -2.59. The summed E-state index contributed by atoms with van der Waals surface area (Å²) >= 11 is 0. The molecular weight excluding hydrogens is 348 g/mol. The van der Waals surface area contributed by atoms with Crippen LogP contribution in [-0.2, 0) is 9.47 Å². The zero-order chi connectivity index (χ0) is 19.9. The van der Waals surface area contributed by atoms with Gasteiger partial charge in [-0.1, -0.05) is 84.0 Å². The van der Waals surface area contributed by atoms with E-state index >= 15 is 0 Å². The van der Waals surface area contributed by atoms with E-state index in [1.165, 1.54) is 70.6 Å². The second kappa shape index (κ2) is 15.7. The SMILES string of the molecule is CCCCCCCCCCCCCCCO[C@@H]1O[C@H](CO)[C@@H](O)[C@H](O)[C@H]1O. The van der Waals surface area contributed by atoms with Crippen molar-refractivity contribution in [2.75, 3.05) is 13.2 Å². The topological polar surface area (TPSA) is 99.4 Å². The summed E-state index contributed by atoms with van der Waals surface area (Å²) in [5, 5.41) is 38.5. The van der Waals surface area contributed by atoms with Gasteiger partial charge in [0.25, 0.3) is 0 Å². The summed E-state index contributed by atoms with van der Waals surface area (Å²) in [6.07, 6.45) is 10.6. The number of aliphatic hydroxyl groups excluding tert-OH is 4. The molecule has 1 aliphatic rings. The number of unbranched alkanes of at least 4 members (excludes halogenated alkanes) is 12. The zero-order valence-corrected chi connectivity index (χ0v) is 17.1. The van der Waals surface area contributed by atoms with Crippen LogP contribution >= 0.6 is 0 Å². The largest absolute Gasteiger partial charge is 0.394 e. The molecule has 0 aromatic heterocycles. The molecule has 1 heterocycles. The molecule has 1 saturated heterocycles. The van der Waals surface area contributed by atoms with Gasteiger partial charge in [0.1, 0.15) is 24.4 Å². The Kier molecular flexibility index (Phi) is 14.4. The molecule has 0 aliphatic carbocycles. The molecule has 0 unspecified atom stereocenters. The molecule has 0 amide bonds. The average Bonchev–Trinajstić information content (AvgIpc) is 2.68. The summed E-state index contributed by atoms with van der Waals surface area (Å²) < 4.78 is 10.8. The van der Waals surface area contributed by atoms with Crippen LogP contribution in [0.4, 0.5) is 0 Å². The van der Waals surface area contributed by atoms with Crippen LogP contribution in [0.3, 0.4) is 0 Å². The first-order chi connectivity index (χ1) is 13.1. The Morgan fingerprint density at radius 3 is 1.63 bits per heavy atom. The summed E-state index contributed by atoms with van der Waals surface area (Å²) in [6, 6.07) is 0. The maximum Gasteiger partial charge on any atom is 0.186 e. The van der Waals surface area contributed by atoms with Crippen molar-refractivity contribution in [1.82, 2.24) is 0 Å². The zero-order valence-electron chi connectivity index (χ0n) is 17.1. The van der Waals surface area contributed by atoms with Crippen LogP contribution < -0.4 is 0 Å². The van der Waals surface area contributed by atoms with E-state index in [-0.39, 0.29) is 0 Å². The van der Waals surface area contributed by atoms with E-state index in [0.29, 0.717) is 6.61 Å². The van der Waals surface area contributed by atoms with Gasteiger partial charge in [0.05, 0.1) is 6.61 Å². The molecule has 27 heavy (non-hydrogen) atoms. The normalized spacial score (nSPS) is 28.6. The first-order valence-corrected chi connectivity index (χ1v) is 11.0. The summed E-state index contributed by atoms with van der Waals surface area (Å²) in [5.74, 6) is 0. The fourth-order valence-corrected chi connectivity index (χ4v) is 3.52. The van der Waals surface area contributed by atoms with Crippen molar-refractivity contribution in [3.8, 4) is 0 Å². The first kappa shape index (κ1) is 24.8. The van der Waals surface area contributed by atoms with Crippen molar-refractivity contribution in [3.05, 3.63) is 0 Å². The van der Waals surface area contributed by atoms with E-state index in [9.17, 15) is 15.3 Å². The third-order valence-electron chi connectivity index (χ3n) is 5.38. The van der Waals surface area contributed by atoms with Gasteiger partial charge in [-0.05, 0) is 6.42 Å². The van der Waals surface area contributed by atoms with Gasteiger partial charge >= 0.3 is 0 Å². The van der Waals surface area contributed by atoms with Crippen LogP contribution in [0.25, 0.3) is 0 Å². The summed E-state index contributed by atoms with van der Waals surface area (Å²) in [6.45, 7) is 2.26. The Hall–Kier alpha value is -0.240. The van der Waals surface area contributed by atoms with Crippen molar-refractivity contribution in [3.63, 3.8) is 0 Å². The van der Waals surface area contributed by atoms with Gasteiger partial charge in [-0.2, -0.15) is 0 Å². The van der Waals surface area contributed by atoms with Gasteiger partial charge in [0, 0.05) is 6.61 Å². The Labute approximate surface area is 164 Å².